The zero-order chi connectivity index (χ0) is 19.4. The van der Waals surface area contributed by atoms with E-state index in [9.17, 15) is 10.1 Å². The van der Waals surface area contributed by atoms with Crippen LogP contribution in [0.15, 0.2) is 53.3 Å². The lowest BCUT2D eigenvalue weighted by Crippen LogP contribution is -2.13. The highest BCUT2D eigenvalue weighted by atomic mass is 16.5. The maximum absolute atomic E-state index is 12.2. The van der Waals surface area contributed by atoms with Crippen LogP contribution in [0.5, 0.6) is 11.5 Å². The Balaban J connectivity index is 2.08. The van der Waals surface area contributed by atoms with Gasteiger partial charge in [-0.1, -0.05) is 30.3 Å². The third-order valence-corrected chi connectivity index (χ3v) is 4.32. The largest absolute Gasteiger partial charge is 0.493 e. The van der Waals surface area contributed by atoms with Crippen molar-refractivity contribution in [2.24, 2.45) is 0 Å². The number of nitrogens with one attached hydrogen (secondary N) is 1. The van der Waals surface area contributed by atoms with Gasteiger partial charge in [0, 0.05) is 11.3 Å². The molecule has 0 aliphatic heterocycles. The van der Waals surface area contributed by atoms with Crippen LogP contribution in [0, 0.1) is 25.2 Å². The first-order valence-corrected chi connectivity index (χ1v) is 8.53. The Kier molecular flexibility index (Phi) is 5.28. The standard InChI is InChI=1S/C22H20N2O3/c1-14-9-20(26-3)21(27-13-16-7-5-4-6-8-16)11-17(14)18-10-15(2)24-22(25)19(18)12-23/h4-11H,13H2,1-3H3,(H,24,25). The van der Waals surface area contributed by atoms with Gasteiger partial charge in [0.05, 0.1) is 7.11 Å². The van der Waals surface area contributed by atoms with Crippen molar-refractivity contribution in [2.75, 3.05) is 7.11 Å². The van der Waals surface area contributed by atoms with Crippen molar-refractivity contribution in [1.29, 1.82) is 5.26 Å². The molecule has 3 aromatic rings. The number of pyridine rings is 1. The molecule has 1 aromatic heterocycles. The van der Waals surface area contributed by atoms with Crippen molar-refractivity contribution in [3.05, 3.63) is 81.3 Å². The number of nitrogens with zero attached hydrogens (tertiary/aromatic N) is 1. The molecule has 0 amide bonds. The first-order chi connectivity index (χ1) is 13.0. The van der Waals surface area contributed by atoms with Gasteiger partial charge in [0.15, 0.2) is 11.5 Å². The SMILES string of the molecule is COc1cc(C)c(-c2cc(C)[nH]c(=O)c2C#N)cc1OCc1ccccc1. The molecular weight excluding hydrogens is 340 g/mol. The molecule has 1 heterocycles. The van der Waals surface area contributed by atoms with Crippen LogP contribution in [0.2, 0.25) is 0 Å². The lowest BCUT2D eigenvalue weighted by Gasteiger charge is -2.16. The fourth-order valence-corrected chi connectivity index (χ4v) is 2.97. The number of H-pyrrole nitrogens is 1. The van der Waals surface area contributed by atoms with E-state index in [-0.39, 0.29) is 5.56 Å². The van der Waals surface area contributed by atoms with Gasteiger partial charge in [0.2, 0.25) is 0 Å². The number of benzene rings is 2. The molecule has 0 spiro atoms. The van der Waals surface area contributed by atoms with Crippen LogP contribution in [0.1, 0.15) is 22.4 Å². The minimum atomic E-state index is -0.394. The summed E-state index contributed by atoms with van der Waals surface area (Å²) in [6.45, 7) is 4.09. The van der Waals surface area contributed by atoms with Gasteiger partial charge in [-0.3, -0.25) is 4.79 Å². The second-order valence-electron chi connectivity index (χ2n) is 6.27. The van der Waals surface area contributed by atoms with E-state index < -0.39 is 5.56 Å². The monoisotopic (exact) mass is 360 g/mol. The summed E-state index contributed by atoms with van der Waals surface area (Å²) in [4.78, 5) is 14.8. The summed E-state index contributed by atoms with van der Waals surface area (Å²) in [6, 6.07) is 17.3. The highest BCUT2D eigenvalue weighted by Crippen LogP contribution is 2.36. The zero-order valence-electron chi connectivity index (χ0n) is 15.5. The van der Waals surface area contributed by atoms with E-state index in [1.807, 2.05) is 55.5 Å². The predicted molar refractivity (Wildman–Crippen MR) is 104 cm³/mol. The Hall–Kier alpha value is -3.52. The summed E-state index contributed by atoms with van der Waals surface area (Å²) in [6.07, 6.45) is 0. The lowest BCUT2D eigenvalue weighted by molar-refractivity contribution is 0.284. The molecule has 1 N–H and O–H groups in total. The minimum absolute atomic E-state index is 0.0860. The van der Waals surface area contributed by atoms with E-state index in [0.29, 0.717) is 29.4 Å². The molecule has 0 bridgehead atoms. The molecule has 0 saturated heterocycles. The summed E-state index contributed by atoms with van der Waals surface area (Å²) in [5.41, 5.74) is 3.66. The fourth-order valence-electron chi connectivity index (χ4n) is 2.97. The number of hydrogen-bond acceptors (Lipinski definition) is 4. The number of nitriles is 1. The van der Waals surface area contributed by atoms with Crippen LogP contribution in [0.3, 0.4) is 0 Å². The van der Waals surface area contributed by atoms with E-state index in [4.69, 9.17) is 9.47 Å². The maximum Gasteiger partial charge on any atom is 0.266 e. The summed E-state index contributed by atoms with van der Waals surface area (Å²) in [7, 11) is 1.59. The summed E-state index contributed by atoms with van der Waals surface area (Å²) in [5.74, 6) is 1.16. The van der Waals surface area contributed by atoms with Crippen molar-refractivity contribution in [1.82, 2.24) is 4.98 Å². The fraction of sp³-hybridized carbons (Fsp3) is 0.182. The third kappa shape index (κ3) is 3.85. The molecule has 27 heavy (non-hydrogen) atoms. The smallest absolute Gasteiger partial charge is 0.266 e. The average molecular weight is 360 g/mol. The van der Waals surface area contributed by atoms with Crippen molar-refractivity contribution >= 4 is 0 Å². The van der Waals surface area contributed by atoms with Crippen LogP contribution in [0.4, 0.5) is 0 Å². The molecule has 136 valence electrons. The van der Waals surface area contributed by atoms with E-state index in [1.165, 1.54) is 0 Å². The van der Waals surface area contributed by atoms with E-state index >= 15 is 0 Å². The van der Waals surface area contributed by atoms with Gasteiger partial charge in [-0.2, -0.15) is 5.26 Å². The molecule has 5 heteroatoms. The van der Waals surface area contributed by atoms with Gasteiger partial charge < -0.3 is 14.5 Å². The molecule has 0 fully saturated rings. The van der Waals surface area contributed by atoms with Crippen molar-refractivity contribution in [3.8, 4) is 28.7 Å². The predicted octanol–water partition coefficient (Wildman–Crippen LogP) is 4.12. The Morgan fingerprint density at radius 3 is 2.44 bits per heavy atom. The molecule has 0 aliphatic carbocycles. The van der Waals surface area contributed by atoms with E-state index in [2.05, 4.69) is 4.98 Å². The Morgan fingerprint density at radius 2 is 1.78 bits per heavy atom. The molecule has 5 nitrogen and oxygen atoms in total. The van der Waals surface area contributed by atoms with Gasteiger partial charge in [0.25, 0.3) is 5.56 Å². The lowest BCUT2D eigenvalue weighted by atomic mass is 9.96. The molecule has 0 atom stereocenters. The number of aromatic nitrogens is 1. The van der Waals surface area contributed by atoms with Gasteiger partial charge in [-0.05, 0) is 48.7 Å². The summed E-state index contributed by atoms with van der Waals surface area (Å²) >= 11 is 0. The van der Waals surface area contributed by atoms with Crippen LogP contribution in [-0.4, -0.2) is 12.1 Å². The summed E-state index contributed by atoms with van der Waals surface area (Å²) < 4.78 is 11.4. The van der Waals surface area contributed by atoms with Crippen LogP contribution in [0.25, 0.3) is 11.1 Å². The van der Waals surface area contributed by atoms with E-state index in [1.54, 1.807) is 20.1 Å². The number of hydrogen-bond donors (Lipinski definition) is 1. The molecule has 3 rings (SSSR count). The second kappa shape index (κ2) is 7.79. The molecule has 2 aromatic carbocycles. The zero-order valence-corrected chi connectivity index (χ0v) is 15.5. The van der Waals surface area contributed by atoms with Crippen LogP contribution >= 0.6 is 0 Å². The normalized spacial score (nSPS) is 10.3. The average Bonchev–Trinajstić information content (AvgIpc) is 2.67. The molecule has 0 radical (unpaired) electrons. The minimum Gasteiger partial charge on any atom is -0.493 e. The van der Waals surface area contributed by atoms with Gasteiger partial charge in [0.1, 0.15) is 18.2 Å². The number of ether oxygens (including phenoxy) is 2. The van der Waals surface area contributed by atoms with E-state index in [0.717, 1.165) is 16.7 Å². The Morgan fingerprint density at radius 1 is 1.04 bits per heavy atom. The first kappa shape index (κ1) is 18.3. The molecule has 0 aliphatic rings. The van der Waals surface area contributed by atoms with Crippen LogP contribution < -0.4 is 15.0 Å². The topological polar surface area (TPSA) is 75.1 Å². The summed E-state index contributed by atoms with van der Waals surface area (Å²) in [5, 5.41) is 9.44. The number of aromatic amines is 1. The van der Waals surface area contributed by atoms with Gasteiger partial charge in [-0.15, -0.1) is 0 Å². The number of aryl methyl sites for hydroxylation is 2. The first-order valence-electron chi connectivity index (χ1n) is 8.53. The van der Waals surface area contributed by atoms with Crippen molar-refractivity contribution < 1.29 is 9.47 Å². The van der Waals surface area contributed by atoms with Crippen molar-refractivity contribution in [2.45, 2.75) is 20.5 Å². The quantitative estimate of drug-likeness (QED) is 0.743. The molecule has 0 saturated carbocycles. The van der Waals surface area contributed by atoms with Crippen LogP contribution in [-0.2, 0) is 6.61 Å². The van der Waals surface area contributed by atoms with Gasteiger partial charge in [-0.25, -0.2) is 0 Å². The Labute approximate surface area is 157 Å². The third-order valence-electron chi connectivity index (χ3n) is 4.32. The second-order valence-corrected chi connectivity index (χ2v) is 6.27. The number of rotatable bonds is 5. The Bertz CT molecular complexity index is 1060. The van der Waals surface area contributed by atoms with Crippen molar-refractivity contribution in [3.63, 3.8) is 0 Å². The highest BCUT2D eigenvalue weighted by molar-refractivity contribution is 5.75. The molecular formula is C22H20N2O3. The maximum atomic E-state index is 12.2. The molecule has 0 unspecified atom stereocenters. The number of methoxy groups -OCH3 is 1. The van der Waals surface area contributed by atoms with Gasteiger partial charge >= 0.3 is 0 Å². The highest BCUT2D eigenvalue weighted by Gasteiger charge is 2.16.